The number of hydrogen-bond donors (Lipinski definition) is 3. The average Bonchev–Trinajstić information content (AvgIpc) is 2.61. The molecule has 0 saturated carbocycles. The van der Waals surface area contributed by atoms with Crippen molar-refractivity contribution in [2.24, 2.45) is 0 Å². The molecule has 132 valence electrons. The molecule has 3 N–H and O–H groups in total. The molecule has 0 aromatic heterocycles. The van der Waals surface area contributed by atoms with Gasteiger partial charge in [-0.3, -0.25) is 9.59 Å². The highest BCUT2D eigenvalue weighted by atomic mass is 35.5. The molecule has 0 bridgehead atoms. The van der Waals surface area contributed by atoms with Crippen LogP contribution in [0.3, 0.4) is 0 Å². The van der Waals surface area contributed by atoms with Gasteiger partial charge in [0.25, 0.3) is 5.91 Å². The maximum Gasteiger partial charge on any atom is 0.251 e. The molecule has 0 radical (unpaired) electrons. The largest absolute Gasteiger partial charge is 0.495 e. The molecule has 0 heterocycles. The third kappa shape index (κ3) is 4.87. The topological polar surface area (TPSA) is 79.5 Å². The van der Waals surface area contributed by atoms with E-state index >= 15 is 0 Å². The summed E-state index contributed by atoms with van der Waals surface area (Å²) >= 11 is 5.97. The molecule has 2 aromatic rings. The number of benzene rings is 2. The molecule has 7 heteroatoms. The standard InChI is InChI=1S/C18H20ClN3O3/c1-11(21-14-6-4-5-12(9-14)18(24)20-2)17(23)22-15-10-13(19)7-8-16(15)25-3/h4-11,21H,1-3H3,(H,20,24)(H,22,23)/t11-/m0/s1. The van der Waals surface area contributed by atoms with Crippen molar-refractivity contribution in [3.63, 3.8) is 0 Å². The number of halogens is 1. The van der Waals surface area contributed by atoms with Crippen LogP contribution in [0.2, 0.25) is 5.02 Å². The predicted octanol–water partition coefficient (Wildman–Crippen LogP) is 3.15. The normalized spacial score (nSPS) is 11.4. The van der Waals surface area contributed by atoms with Gasteiger partial charge >= 0.3 is 0 Å². The molecule has 0 aliphatic heterocycles. The number of nitrogens with one attached hydrogen (secondary N) is 3. The number of methoxy groups -OCH3 is 1. The smallest absolute Gasteiger partial charge is 0.251 e. The second-order valence-corrected chi connectivity index (χ2v) is 5.80. The second kappa shape index (κ2) is 8.39. The summed E-state index contributed by atoms with van der Waals surface area (Å²) in [6, 6.07) is 11.4. The summed E-state index contributed by atoms with van der Waals surface area (Å²) in [5, 5.41) is 8.91. The van der Waals surface area contributed by atoms with Crippen LogP contribution in [-0.4, -0.2) is 32.0 Å². The molecule has 1 atom stereocenters. The van der Waals surface area contributed by atoms with Crippen LogP contribution in [0.15, 0.2) is 42.5 Å². The minimum absolute atomic E-state index is 0.190. The van der Waals surface area contributed by atoms with Crippen molar-refractivity contribution < 1.29 is 14.3 Å². The number of carbonyl (C=O) groups excluding carboxylic acids is 2. The van der Waals surface area contributed by atoms with E-state index in [2.05, 4.69) is 16.0 Å². The highest BCUT2D eigenvalue weighted by molar-refractivity contribution is 6.31. The number of rotatable bonds is 6. The molecule has 25 heavy (non-hydrogen) atoms. The van der Waals surface area contributed by atoms with E-state index < -0.39 is 6.04 Å². The first kappa shape index (κ1) is 18.6. The monoisotopic (exact) mass is 361 g/mol. The van der Waals surface area contributed by atoms with Gasteiger partial charge in [0.05, 0.1) is 12.8 Å². The van der Waals surface area contributed by atoms with Crippen LogP contribution in [0.5, 0.6) is 5.75 Å². The Morgan fingerprint density at radius 1 is 1.16 bits per heavy atom. The molecule has 0 fully saturated rings. The summed E-state index contributed by atoms with van der Waals surface area (Å²) in [5.74, 6) is 0.0712. The molecule has 2 rings (SSSR count). The molecule has 6 nitrogen and oxygen atoms in total. The van der Waals surface area contributed by atoms with E-state index in [1.807, 2.05) is 0 Å². The van der Waals surface area contributed by atoms with E-state index in [1.54, 1.807) is 56.4 Å². The fourth-order valence-electron chi connectivity index (χ4n) is 2.23. The number of hydrogen-bond acceptors (Lipinski definition) is 4. The van der Waals surface area contributed by atoms with Gasteiger partial charge in [-0.15, -0.1) is 0 Å². The summed E-state index contributed by atoms with van der Waals surface area (Å²) in [6.45, 7) is 1.72. The van der Waals surface area contributed by atoms with Crippen molar-refractivity contribution in [3.05, 3.63) is 53.1 Å². The average molecular weight is 362 g/mol. The van der Waals surface area contributed by atoms with E-state index in [4.69, 9.17) is 16.3 Å². The molecule has 0 saturated heterocycles. The van der Waals surface area contributed by atoms with Crippen LogP contribution in [0.25, 0.3) is 0 Å². The number of amides is 2. The number of anilines is 2. The van der Waals surface area contributed by atoms with E-state index in [1.165, 1.54) is 7.11 Å². The number of carbonyl (C=O) groups is 2. The van der Waals surface area contributed by atoms with Crippen LogP contribution in [0.1, 0.15) is 17.3 Å². The van der Waals surface area contributed by atoms with Gasteiger partial charge in [0, 0.05) is 23.3 Å². The molecule has 0 aliphatic rings. The van der Waals surface area contributed by atoms with Crippen LogP contribution >= 0.6 is 11.6 Å². The van der Waals surface area contributed by atoms with E-state index in [0.29, 0.717) is 27.7 Å². The van der Waals surface area contributed by atoms with Crippen LogP contribution in [0.4, 0.5) is 11.4 Å². The Labute approximate surface area is 151 Å². The first-order valence-corrected chi connectivity index (χ1v) is 8.05. The number of ether oxygens (including phenoxy) is 1. The molecule has 2 amide bonds. The highest BCUT2D eigenvalue weighted by Gasteiger charge is 2.16. The minimum Gasteiger partial charge on any atom is -0.495 e. The molecule has 0 unspecified atom stereocenters. The Morgan fingerprint density at radius 3 is 2.60 bits per heavy atom. The second-order valence-electron chi connectivity index (χ2n) is 5.36. The Morgan fingerprint density at radius 2 is 1.92 bits per heavy atom. The van der Waals surface area contributed by atoms with E-state index in [9.17, 15) is 9.59 Å². The fraction of sp³-hybridized carbons (Fsp3) is 0.222. The Hall–Kier alpha value is -2.73. The molecular formula is C18H20ClN3O3. The summed E-state index contributed by atoms with van der Waals surface area (Å²) in [6.07, 6.45) is 0. The zero-order valence-electron chi connectivity index (χ0n) is 14.2. The quantitative estimate of drug-likeness (QED) is 0.738. The lowest BCUT2D eigenvalue weighted by Gasteiger charge is -2.17. The molecular weight excluding hydrogens is 342 g/mol. The van der Waals surface area contributed by atoms with Crippen molar-refractivity contribution in [3.8, 4) is 5.75 Å². The summed E-state index contributed by atoms with van der Waals surface area (Å²) in [7, 11) is 3.09. The maximum atomic E-state index is 12.4. The lowest BCUT2D eigenvalue weighted by atomic mass is 10.1. The highest BCUT2D eigenvalue weighted by Crippen LogP contribution is 2.27. The SMILES string of the molecule is CNC(=O)c1cccc(N[C@@H](C)C(=O)Nc2cc(Cl)ccc2OC)c1. The zero-order chi connectivity index (χ0) is 18.4. The summed E-state index contributed by atoms with van der Waals surface area (Å²) < 4.78 is 5.22. The van der Waals surface area contributed by atoms with Crippen molar-refractivity contribution in [2.45, 2.75) is 13.0 Å². The van der Waals surface area contributed by atoms with E-state index in [-0.39, 0.29) is 11.8 Å². The first-order valence-electron chi connectivity index (χ1n) is 7.67. The Bertz CT molecular complexity index is 780. The minimum atomic E-state index is -0.538. The fourth-order valence-corrected chi connectivity index (χ4v) is 2.40. The van der Waals surface area contributed by atoms with Gasteiger partial charge in [-0.1, -0.05) is 17.7 Å². The van der Waals surface area contributed by atoms with Crippen LogP contribution in [0, 0.1) is 0 Å². The van der Waals surface area contributed by atoms with Crippen molar-refractivity contribution in [2.75, 3.05) is 24.8 Å². The third-order valence-corrected chi connectivity index (χ3v) is 3.78. The maximum absolute atomic E-state index is 12.4. The van der Waals surface area contributed by atoms with Crippen molar-refractivity contribution in [1.82, 2.24) is 5.32 Å². The van der Waals surface area contributed by atoms with Gasteiger partial charge in [-0.05, 0) is 43.3 Å². The van der Waals surface area contributed by atoms with E-state index in [0.717, 1.165) is 0 Å². The van der Waals surface area contributed by atoms with Gasteiger partial charge in [-0.25, -0.2) is 0 Å². The van der Waals surface area contributed by atoms with Crippen LogP contribution in [-0.2, 0) is 4.79 Å². The molecule has 2 aromatic carbocycles. The van der Waals surface area contributed by atoms with Gasteiger partial charge in [0.2, 0.25) is 5.91 Å². The lowest BCUT2D eigenvalue weighted by Crippen LogP contribution is -2.32. The lowest BCUT2D eigenvalue weighted by molar-refractivity contribution is -0.116. The van der Waals surface area contributed by atoms with Gasteiger partial charge in [0.1, 0.15) is 11.8 Å². The Kier molecular flexibility index (Phi) is 6.25. The predicted molar refractivity (Wildman–Crippen MR) is 99.6 cm³/mol. The van der Waals surface area contributed by atoms with Crippen LogP contribution < -0.4 is 20.7 Å². The molecule has 0 spiro atoms. The summed E-state index contributed by atoms with van der Waals surface area (Å²) in [5.41, 5.74) is 1.67. The molecule has 0 aliphatic carbocycles. The van der Waals surface area contributed by atoms with Crippen molar-refractivity contribution in [1.29, 1.82) is 0 Å². The van der Waals surface area contributed by atoms with Crippen molar-refractivity contribution >= 4 is 34.8 Å². The third-order valence-electron chi connectivity index (χ3n) is 3.55. The summed E-state index contributed by atoms with van der Waals surface area (Å²) in [4.78, 5) is 24.1. The zero-order valence-corrected chi connectivity index (χ0v) is 15.0. The van der Waals surface area contributed by atoms with Gasteiger partial charge in [0.15, 0.2) is 0 Å². The van der Waals surface area contributed by atoms with Gasteiger partial charge in [-0.2, -0.15) is 0 Å². The van der Waals surface area contributed by atoms with Gasteiger partial charge < -0.3 is 20.7 Å². The Balaban J connectivity index is 2.08. The first-order chi connectivity index (χ1) is 11.9.